The number of hydrogen-bond donors (Lipinski definition) is 1. The topological polar surface area (TPSA) is 63.1 Å². The summed E-state index contributed by atoms with van der Waals surface area (Å²) >= 11 is 3.19. The normalized spacial score (nSPS) is 10.6. The van der Waals surface area contributed by atoms with Crippen molar-refractivity contribution in [2.45, 2.75) is 23.9 Å². The minimum atomic E-state index is -0.892. The number of aromatic carboxylic acids is 1. The van der Waals surface area contributed by atoms with E-state index in [0.29, 0.717) is 5.56 Å². The summed E-state index contributed by atoms with van der Waals surface area (Å²) in [7, 11) is 0. The van der Waals surface area contributed by atoms with Gasteiger partial charge in [-0.1, -0.05) is 29.2 Å². The molecule has 0 atom stereocenters. The molecule has 0 spiro atoms. The van der Waals surface area contributed by atoms with E-state index in [1.807, 2.05) is 19.9 Å². The number of aryl methyl sites for hydroxylation is 2. The Labute approximate surface area is 113 Å². The number of carbonyl (C=O) groups is 1. The van der Waals surface area contributed by atoms with Crippen LogP contribution in [0, 0.1) is 13.8 Å². The third kappa shape index (κ3) is 3.08. The average molecular weight is 280 g/mol. The van der Waals surface area contributed by atoms with Gasteiger partial charge in [-0.25, -0.2) is 4.79 Å². The summed E-state index contributed by atoms with van der Waals surface area (Å²) in [4.78, 5) is 10.8. The lowest BCUT2D eigenvalue weighted by Gasteiger charge is -2.05. The Balaban J connectivity index is 2.08. The second-order valence-electron chi connectivity index (χ2n) is 3.82. The van der Waals surface area contributed by atoms with Crippen molar-refractivity contribution >= 4 is 29.1 Å². The molecular formula is C12H12N2O2S2. The smallest absolute Gasteiger partial charge is 0.335 e. The number of benzene rings is 1. The van der Waals surface area contributed by atoms with E-state index in [4.69, 9.17) is 5.11 Å². The predicted octanol–water partition coefficient (Wildman–Crippen LogP) is 3.15. The van der Waals surface area contributed by atoms with Gasteiger partial charge in [0.1, 0.15) is 5.01 Å². The Morgan fingerprint density at radius 2 is 2.17 bits per heavy atom. The summed E-state index contributed by atoms with van der Waals surface area (Å²) in [5, 5.41) is 17.8. The highest BCUT2D eigenvalue weighted by atomic mass is 32.2. The second kappa shape index (κ2) is 5.49. The molecule has 4 nitrogen and oxygen atoms in total. The molecule has 0 radical (unpaired) electrons. The molecule has 0 saturated carbocycles. The first kappa shape index (κ1) is 13.0. The zero-order chi connectivity index (χ0) is 13.1. The second-order valence-corrected chi connectivity index (χ2v) is 6.23. The molecule has 0 unspecified atom stereocenters. The van der Waals surface area contributed by atoms with Crippen LogP contribution in [0.3, 0.4) is 0 Å². The highest BCUT2D eigenvalue weighted by Gasteiger charge is 2.07. The predicted molar refractivity (Wildman–Crippen MR) is 72.3 cm³/mol. The van der Waals surface area contributed by atoms with Gasteiger partial charge >= 0.3 is 5.97 Å². The fourth-order valence-corrected chi connectivity index (χ4v) is 3.36. The van der Waals surface area contributed by atoms with E-state index in [1.165, 1.54) is 0 Å². The van der Waals surface area contributed by atoms with Crippen LogP contribution in [0.25, 0.3) is 0 Å². The molecule has 2 rings (SSSR count). The summed E-state index contributed by atoms with van der Waals surface area (Å²) in [6.07, 6.45) is 0. The standard InChI is InChI=1S/C12H12N2O2S2/c1-7-5-9(11(15)16)3-4-10(7)6-17-12-14-13-8(2)18-12/h3-5H,6H2,1-2H3,(H,15,16). The number of hydrogen-bond acceptors (Lipinski definition) is 5. The highest BCUT2D eigenvalue weighted by Crippen LogP contribution is 2.27. The van der Waals surface area contributed by atoms with Crippen molar-refractivity contribution in [2.24, 2.45) is 0 Å². The molecule has 1 N–H and O–H groups in total. The fraction of sp³-hybridized carbons (Fsp3) is 0.250. The third-order valence-electron chi connectivity index (χ3n) is 2.45. The summed E-state index contributed by atoms with van der Waals surface area (Å²) in [6.45, 7) is 3.85. The molecular weight excluding hydrogens is 268 g/mol. The Hall–Kier alpha value is -1.40. The van der Waals surface area contributed by atoms with Crippen LogP contribution >= 0.6 is 23.1 Å². The molecule has 0 aliphatic rings. The van der Waals surface area contributed by atoms with Crippen LogP contribution in [-0.4, -0.2) is 21.3 Å². The minimum absolute atomic E-state index is 0.327. The summed E-state index contributed by atoms with van der Waals surface area (Å²) in [5.74, 6) is -0.113. The largest absolute Gasteiger partial charge is 0.478 e. The monoisotopic (exact) mass is 280 g/mol. The summed E-state index contributed by atoms with van der Waals surface area (Å²) < 4.78 is 0.939. The maximum absolute atomic E-state index is 10.8. The Morgan fingerprint density at radius 1 is 1.39 bits per heavy atom. The Kier molecular flexibility index (Phi) is 3.98. The number of nitrogens with zero attached hydrogens (tertiary/aromatic N) is 2. The lowest BCUT2D eigenvalue weighted by molar-refractivity contribution is 0.0697. The van der Waals surface area contributed by atoms with E-state index in [2.05, 4.69) is 10.2 Å². The van der Waals surface area contributed by atoms with Gasteiger partial charge in [0.2, 0.25) is 0 Å². The molecule has 1 aromatic heterocycles. The van der Waals surface area contributed by atoms with E-state index >= 15 is 0 Å². The van der Waals surface area contributed by atoms with Crippen LogP contribution in [0.4, 0.5) is 0 Å². The van der Waals surface area contributed by atoms with Crippen LogP contribution in [0.1, 0.15) is 26.5 Å². The number of carboxylic acid groups (broad SMARTS) is 1. The maximum atomic E-state index is 10.8. The van der Waals surface area contributed by atoms with Crippen molar-refractivity contribution in [1.29, 1.82) is 0 Å². The number of carboxylic acids is 1. The number of rotatable bonds is 4. The first-order valence-electron chi connectivity index (χ1n) is 5.32. The maximum Gasteiger partial charge on any atom is 0.335 e. The number of aromatic nitrogens is 2. The lowest BCUT2D eigenvalue weighted by atomic mass is 10.1. The average Bonchev–Trinajstić information content (AvgIpc) is 2.73. The molecule has 0 aliphatic carbocycles. The quantitative estimate of drug-likeness (QED) is 0.872. The van der Waals surface area contributed by atoms with Gasteiger partial charge in [0.05, 0.1) is 5.56 Å². The molecule has 0 aliphatic heterocycles. The SMILES string of the molecule is Cc1nnc(SCc2ccc(C(=O)O)cc2C)s1. The minimum Gasteiger partial charge on any atom is -0.478 e. The first-order chi connectivity index (χ1) is 8.56. The van der Waals surface area contributed by atoms with Crippen molar-refractivity contribution in [1.82, 2.24) is 10.2 Å². The molecule has 1 aromatic carbocycles. The first-order valence-corrected chi connectivity index (χ1v) is 7.12. The van der Waals surface area contributed by atoms with E-state index in [-0.39, 0.29) is 0 Å². The van der Waals surface area contributed by atoms with Gasteiger partial charge in [0, 0.05) is 5.75 Å². The zero-order valence-corrected chi connectivity index (χ0v) is 11.6. The zero-order valence-electron chi connectivity index (χ0n) is 10.0. The molecule has 18 heavy (non-hydrogen) atoms. The van der Waals surface area contributed by atoms with Gasteiger partial charge in [-0.05, 0) is 37.1 Å². The van der Waals surface area contributed by atoms with Crippen LogP contribution in [0.15, 0.2) is 22.5 Å². The molecule has 0 amide bonds. The molecule has 0 bridgehead atoms. The molecule has 1 heterocycles. The van der Waals surface area contributed by atoms with Gasteiger partial charge < -0.3 is 5.11 Å². The van der Waals surface area contributed by atoms with Gasteiger partial charge in [0.15, 0.2) is 4.34 Å². The van der Waals surface area contributed by atoms with Crippen molar-refractivity contribution in [2.75, 3.05) is 0 Å². The third-order valence-corrected chi connectivity index (χ3v) is 4.47. The van der Waals surface area contributed by atoms with Crippen LogP contribution in [-0.2, 0) is 5.75 Å². The lowest BCUT2D eigenvalue weighted by Crippen LogP contribution is -1.98. The van der Waals surface area contributed by atoms with Crippen LogP contribution in [0.2, 0.25) is 0 Å². The van der Waals surface area contributed by atoms with Gasteiger partial charge in [-0.2, -0.15) is 0 Å². The molecule has 6 heteroatoms. The molecule has 2 aromatic rings. The van der Waals surface area contributed by atoms with Crippen molar-refractivity contribution in [3.05, 3.63) is 39.9 Å². The van der Waals surface area contributed by atoms with Gasteiger partial charge in [-0.3, -0.25) is 0 Å². The Morgan fingerprint density at radius 3 is 2.72 bits per heavy atom. The highest BCUT2D eigenvalue weighted by molar-refractivity contribution is 8.00. The van der Waals surface area contributed by atoms with Crippen molar-refractivity contribution < 1.29 is 9.90 Å². The molecule has 0 fully saturated rings. The van der Waals surface area contributed by atoms with Crippen LogP contribution in [0.5, 0.6) is 0 Å². The van der Waals surface area contributed by atoms with Crippen molar-refractivity contribution in [3.63, 3.8) is 0 Å². The van der Waals surface area contributed by atoms with E-state index in [9.17, 15) is 4.79 Å². The molecule has 0 saturated heterocycles. The van der Waals surface area contributed by atoms with E-state index in [0.717, 1.165) is 26.2 Å². The van der Waals surface area contributed by atoms with Crippen LogP contribution < -0.4 is 0 Å². The van der Waals surface area contributed by atoms with E-state index < -0.39 is 5.97 Å². The Bertz CT molecular complexity index is 581. The summed E-state index contributed by atoms with van der Waals surface area (Å²) in [5.41, 5.74) is 2.44. The summed E-state index contributed by atoms with van der Waals surface area (Å²) in [6, 6.07) is 5.19. The fourth-order valence-electron chi connectivity index (χ4n) is 1.47. The molecule has 94 valence electrons. The van der Waals surface area contributed by atoms with Gasteiger partial charge in [-0.15, -0.1) is 10.2 Å². The number of thioether (sulfide) groups is 1. The van der Waals surface area contributed by atoms with E-state index in [1.54, 1.807) is 35.2 Å². The van der Waals surface area contributed by atoms with Gasteiger partial charge in [0.25, 0.3) is 0 Å². The van der Waals surface area contributed by atoms with Crippen molar-refractivity contribution in [3.8, 4) is 0 Å².